The van der Waals surface area contributed by atoms with Crippen molar-refractivity contribution in [3.8, 4) is 12.1 Å². The molecule has 0 saturated heterocycles. The van der Waals surface area contributed by atoms with E-state index in [9.17, 15) is 10.5 Å². The van der Waals surface area contributed by atoms with Crippen LogP contribution in [0.2, 0.25) is 10.2 Å². The van der Waals surface area contributed by atoms with E-state index in [0.717, 1.165) is 0 Å². The van der Waals surface area contributed by atoms with E-state index in [0.29, 0.717) is 37.9 Å². The number of benzene rings is 1. The summed E-state index contributed by atoms with van der Waals surface area (Å²) < 4.78 is 0. The van der Waals surface area contributed by atoms with Crippen molar-refractivity contribution in [3.05, 3.63) is 46.0 Å². The zero-order valence-corrected chi connectivity index (χ0v) is 13.3. The van der Waals surface area contributed by atoms with Crippen LogP contribution in [0.1, 0.15) is 11.3 Å². The topological polar surface area (TPSA) is 99.1 Å². The van der Waals surface area contributed by atoms with Crippen LogP contribution >= 0.6 is 23.2 Å². The lowest BCUT2D eigenvalue weighted by atomic mass is 10.0. The number of aromatic nitrogens is 4. The fourth-order valence-corrected chi connectivity index (χ4v) is 2.90. The number of hydrogen-bond acceptors (Lipinski definition) is 6. The van der Waals surface area contributed by atoms with Crippen LogP contribution in [0.5, 0.6) is 0 Å². The smallest absolute Gasteiger partial charge is 0.159 e. The fraction of sp³-hybridized carbons (Fsp3) is 0. The quantitative estimate of drug-likeness (QED) is 0.447. The Balaban J connectivity index is 2.37. The van der Waals surface area contributed by atoms with E-state index >= 15 is 0 Å². The van der Waals surface area contributed by atoms with Crippen molar-refractivity contribution in [1.29, 1.82) is 10.5 Å². The molecule has 24 heavy (non-hydrogen) atoms. The van der Waals surface area contributed by atoms with Gasteiger partial charge in [0.2, 0.25) is 0 Å². The molecule has 0 saturated carbocycles. The molecule has 0 fully saturated rings. The molecule has 8 heteroatoms. The highest BCUT2D eigenvalue weighted by Gasteiger charge is 2.17. The van der Waals surface area contributed by atoms with Gasteiger partial charge in [-0.25, -0.2) is 15.0 Å². The highest BCUT2D eigenvalue weighted by Crippen LogP contribution is 2.33. The molecule has 0 spiro atoms. The van der Waals surface area contributed by atoms with E-state index < -0.39 is 0 Å². The Hall–Kier alpha value is -3.06. The van der Waals surface area contributed by atoms with Crippen molar-refractivity contribution in [2.24, 2.45) is 0 Å². The van der Waals surface area contributed by atoms with Gasteiger partial charge in [-0.15, -0.1) is 0 Å². The number of nitrogens with zero attached hydrogens (tertiary/aromatic N) is 6. The van der Waals surface area contributed by atoms with Crippen LogP contribution in [-0.2, 0) is 0 Å². The van der Waals surface area contributed by atoms with Gasteiger partial charge < -0.3 is 0 Å². The Labute approximate surface area is 144 Å². The standard InChI is InChI=1S/C16H4Cl2N6/c17-8-2-10-13(21-5-8)9-1-7(3-19)11(4-20)23-14(9)16-15(10)24-12(18)6-22-16/h1-2,5-6H. The molecule has 0 aliphatic carbocycles. The van der Waals surface area contributed by atoms with Gasteiger partial charge in [0.25, 0.3) is 0 Å². The number of hydrogen-bond donors (Lipinski definition) is 0. The number of rotatable bonds is 0. The van der Waals surface area contributed by atoms with Crippen molar-refractivity contribution in [1.82, 2.24) is 19.9 Å². The first-order chi connectivity index (χ1) is 11.6. The number of nitriles is 2. The van der Waals surface area contributed by atoms with Crippen LogP contribution in [0.25, 0.3) is 32.8 Å². The van der Waals surface area contributed by atoms with Crippen molar-refractivity contribution >= 4 is 56.0 Å². The second kappa shape index (κ2) is 5.24. The molecule has 0 atom stereocenters. The Kier molecular flexibility index (Phi) is 3.17. The Bertz CT molecular complexity index is 1160. The Morgan fingerprint density at radius 3 is 2.25 bits per heavy atom. The maximum absolute atomic E-state index is 9.25. The summed E-state index contributed by atoms with van der Waals surface area (Å²) in [6, 6.07) is 7.19. The van der Waals surface area contributed by atoms with Gasteiger partial charge in [-0.1, -0.05) is 23.2 Å². The van der Waals surface area contributed by atoms with Crippen molar-refractivity contribution < 1.29 is 0 Å². The van der Waals surface area contributed by atoms with E-state index in [-0.39, 0.29) is 16.4 Å². The minimum Gasteiger partial charge on any atom is -0.254 e. The van der Waals surface area contributed by atoms with Crippen LogP contribution in [0, 0.1) is 22.7 Å². The average molecular weight is 351 g/mol. The Morgan fingerprint density at radius 2 is 1.50 bits per heavy atom. The number of pyridine rings is 2. The van der Waals surface area contributed by atoms with Gasteiger partial charge in [-0.2, -0.15) is 10.5 Å². The lowest BCUT2D eigenvalue weighted by Crippen LogP contribution is -1.97. The lowest BCUT2D eigenvalue weighted by Gasteiger charge is -2.09. The molecule has 0 N–H and O–H groups in total. The van der Waals surface area contributed by atoms with Gasteiger partial charge in [0.15, 0.2) is 5.69 Å². The zero-order chi connectivity index (χ0) is 16.8. The first-order valence-electron chi connectivity index (χ1n) is 6.67. The van der Waals surface area contributed by atoms with E-state index in [1.165, 1.54) is 12.4 Å². The molecule has 0 aliphatic rings. The van der Waals surface area contributed by atoms with Gasteiger partial charge in [-0.05, 0) is 12.1 Å². The second-order valence-electron chi connectivity index (χ2n) is 4.94. The van der Waals surface area contributed by atoms with Crippen LogP contribution in [0.3, 0.4) is 0 Å². The van der Waals surface area contributed by atoms with E-state index in [2.05, 4.69) is 19.9 Å². The third-order valence-corrected chi connectivity index (χ3v) is 3.97. The summed E-state index contributed by atoms with van der Waals surface area (Å²) >= 11 is 12.0. The summed E-state index contributed by atoms with van der Waals surface area (Å²) in [5, 5.41) is 20.4. The molecule has 4 rings (SSSR count). The summed E-state index contributed by atoms with van der Waals surface area (Å²) in [7, 11) is 0. The lowest BCUT2D eigenvalue weighted by molar-refractivity contribution is 1.27. The van der Waals surface area contributed by atoms with Crippen LogP contribution in [0.15, 0.2) is 24.5 Å². The van der Waals surface area contributed by atoms with Crippen LogP contribution in [-0.4, -0.2) is 19.9 Å². The largest absolute Gasteiger partial charge is 0.254 e. The number of halogens is 2. The predicted molar refractivity (Wildman–Crippen MR) is 89.6 cm³/mol. The van der Waals surface area contributed by atoms with Crippen molar-refractivity contribution in [3.63, 3.8) is 0 Å². The summed E-state index contributed by atoms with van der Waals surface area (Å²) in [6.45, 7) is 0. The van der Waals surface area contributed by atoms with Crippen molar-refractivity contribution in [2.45, 2.75) is 0 Å². The van der Waals surface area contributed by atoms with E-state index in [1.54, 1.807) is 12.1 Å². The van der Waals surface area contributed by atoms with Crippen LogP contribution < -0.4 is 0 Å². The average Bonchev–Trinajstić information content (AvgIpc) is 2.60. The molecule has 0 bridgehead atoms. The zero-order valence-electron chi connectivity index (χ0n) is 11.7. The summed E-state index contributed by atoms with van der Waals surface area (Å²) in [4.78, 5) is 17.2. The van der Waals surface area contributed by atoms with E-state index in [4.69, 9.17) is 23.2 Å². The maximum Gasteiger partial charge on any atom is 0.159 e. The van der Waals surface area contributed by atoms with Gasteiger partial charge in [0, 0.05) is 17.0 Å². The molecule has 0 aliphatic heterocycles. The molecule has 3 heterocycles. The molecule has 0 radical (unpaired) electrons. The monoisotopic (exact) mass is 350 g/mol. The fourth-order valence-electron chi connectivity index (χ4n) is 2.61. The first-order valence-corrected chi connectivity index (χ1v) is 7.42. The highest BCUT2D eigenvalue weighted by molar-refractivity contribution is 6.33. The molecule has 3 aromatic heterocycles. The molecule has 4 aromatic rings. The van der Waals surface area contributed by atoms with Crippen molar-refractivity contribution in [2.75, 3.05) is 0 Å². The third-order valence-electron chi connectivity index (χ3n) is 3.58. The summed E-state index contributed by atoms with van der Waals surface area (Å²) in [6.07, 6.45) is 2.90. The van der Waals surface area contributed by atoms with E-state index in [1.807, 2.05) is 12.1 Å². The maximum atomic E-state index is 9.25. The molecular weight excluding hydrogens is 347 g/mol. The minimum absolute atomic E-state index is 0.0244. The van der Waals surface area contributed by atoms with Gasteiger partial charge in [-0.3, -0.25) is 4.98 Å². The molecule has 0 amide bonds. The molecule has 6 nitrogen and oxygen atoms in total. The number of fused-ring (bicyclic) bond motifs is 6. The third kappa shape index (κ3) is 2.02. The first kappa shape index (κ1) is 14.5. The predicted octanol–water partition coefficient (Wildman–Crippen LogP) is 3.78. The molecule has 112 valence electrons. The minimum atomic E-state index is 0.0244. The highest BCUT2D eigenvalue weighted by atomic mass is 35.5. The van der Waals surface area contributed by atoms with Gasteiger partial charge >= 0.3 is 0 Å². The summed E-state index contributed by atoms with van der Waals surface area (Å²) in [5.41, 5.74) is 2.15. The molecule has 0 unspecified atom stereocenters. The molecular formula is C16H4Cl2N6. The summed E-state index contributed by atoms with van der Waals surface area (Å²) in [5.74, 6) is 0. The molecule has 1 aromatic carbocycles. The Morgan fingerprint density at radius 1 is 0.792 bits per heavy atom. The second-order valence-corrected chi connectivity index (χ2v) is 5.77. The van der Waals surface area contributed by atoms with Gasteiger partial charge in [0.05, 0.1) is 22.3 Å². The normalized spacial score (nSPS) is 10.8. The van der Waals surface area contributed by atoms with Gasteiger partial charge in [0.1, 0.15) is 33.8 Å². The van der Waals surface area contributed by atoms with Crippen LogP contribution in [0.4, 0.5) is 0 Å². The SMILES string of the molecule is N#Cc1cc2c3ncc(Cl)cc3c3nc(Cl)cnc3c2nc1C#N.